The molecule has 8 nitrogen and oxygen atoms in total. The molecular weight excluding hydrogens is 512 g/mol. The molecule has 1 aromatic carbocycles. The highest BCUT2D eigenvalue weighted by atomic mass is 79.9. The highest BCUT2D eigenvalue weighted by Gasteiger charge is 2.21. The lowest BCUT2D eigenvalue weighted by Crippen LogP contribution is -2.14. The van der Waals surface area contributed by atoms with Crippen LogP contribution in [0, 0.1) is 0 Å². The fraction of sp³-hybridized carbons (Fsp3) is 0.476. The quantitative estimate of drug-likeness (QED) is 0.387. The van der Waals surface area contributed by atoms with E-state index in [0.29, 0.717) is 22.0 Å². The van der Waals surface area contributed by atoms with Crippen LogP contribution in [0.1, 0.15) is 61.9 Å². The van der Waals surface area contributed by atoms with Crippen LogP contribution in [0.3, 0.4) is 0 Å². The Morgan fingerprint density at radius 3 is 2.72 bits per heavy atom. The largest absolute Gasteiger partial charge is 0.483 e. The van der Waals surface area contributed by atoms with Gasteiger partial charge in [0.05, 0.1) is 5.75 Å². The Balaban J connectivity index is 1.29. The van der Waals surface area contributed by atoms with E-state index in [2.05, 4.69) is 41.6 Å². The van der Waals surface area contributed by atoms with E-state index in [1.807, 2.05) is 42.8 Å². The van der Waals surface area contributed by atoms with Crippen LogP contribution < -0.4 is 10.1 Å². The zero-order valence-corrected chi connectivity index (χ0v) is 21.2. The second-order valence-corrected chi connectivity index (χ2v) is 10.6. The molecule has 2 aromatic heterocycles. The van der Waals surface area contributed by atoms with E-state index in [4.69, 9.17) is 4.74 Å². The number of hydrogen-bond donors (Lipinski definition) is 1. The van der Waals surface area contributed by atoms with Crippen LogP contribution in [-0.2, 0) is 11.8 Å². The zero-order chi connectivity index (χ0) is 22.5. The third-order valence-electron chi connectivity index (χ3n) is 5.33. The van der Waals surface area contributed by atoms with Gasteiger partial charge in [-0.2, -0.15) is 0 Å². The molecule has 1 saturated carbocycles. The van der Waals surface area contributed by atoms with Crippen LogP contribution in [0.5, 0.6) is 5.75 Å². The molecule has 1 unspecified atom stereocenters. The molecule has 1 amide bonds. The van der Waals surface area contributed by atoms with Gasteiger partial charge in [-0.3, -0.25) is 10.1 Å². The summed E-state index contributed by atoms with van der Waals surface area (Å²) in [5.41, 5.74) is 0. The topological polar surface area (TPSA) is 94.8 Å². The Bertz CT molecular complexity index is 1050. The van der Waals surface area contributed by atoms with Gasteiger partial charge >= 0.3 is 0 Å². The summed E-state index contributed by atoms with van der Waals surface area (Å²) in [7, 11) is 1.87. The summed E-state index contributed by atoms with van der Waals surface area (Å²) in [4.78, 5) is 12.4. The second-order valence-electron chi connectivity index (χ2n) is 7.73. The third-order valence-corrected chi connectivity index (χ3v) is 7.88. The minimum Gasteiger partial charge on any atom is -0.483 e. The minimum absolute atomic E-state index is 0.134. The molecule has 0 spiro atoms. The van der Waals surface area contributed by atoms with Crippen molar-refractivity contribution in [1.29, 1.82) is 0 Å². The number of rotatable bonds is 8. The Morgan fingerprint density at radius 1 is 1.22 bits per heavy atom. The molecule has 3 aromatic rings. The van der Waals surface area contributed by atoms with E-state index >= 15 is 0 Å². The van der Waals surface area contributed by atoms with Crippen LogP contribution in [0.4, 0.5) is 5.13 Å². The van der Waals surface area contributed by atoms with Gasteiger partial charge in [0.2, 0.25) is 11.0 Å². The first kappa shape index (κ1) is 23.2. The number of benzene rings is 1. The highest BCUT2D eigenvalue weighted by molar-refractivity contribution is 9.10. The summed E-state index contributed by atoms with van der Waals surface area (Å²) in [6.45, 7) is 1.92. The molecular formula is C21H25BrN6O2S2. The molecule has 11 heteroatoms. The fourth-order valence-corrected chi connectivity index (χ4v) is 5.57. The minimum atomic E-state index is -0.281. The number of halogens is 1. The van der Waals surface area contributed by atoms with E-state index in [9.17, 15) is 4.79 Å². The molecule has 1 atom stereocenters. The molecule has 1 aliphatic carbocycles. The third kappa shape index (κ3) is 5.87. The van der Waals surface area contributed by atoms with Crippen molar-refractivity contribution in [2.75, 3.05) is 11.1 Å². The fourth-order valence-electron chi connectivity index (χ4n) is 3.66. The molecule has 2 heterocycles. The lowest BCUT2D eigenvalue weighted by atomic mass is 9.90. The Labute approximate surface area is 203 Å². The summed E-state index contributed by atoms with van der Waals surface area (Å²) in [6, 6.07) is 7.64. The Morgan fingerprint density at radius 2 is 1.97 bits per heavy atom. The number of carbonyl (C=O) groups excluding carboxylic acids is 1. The monoisotopic (exact) mass is 536 g/mol. The number of anilines is 1. The maximum atomic E-state index is 12.4. The molecule has 0 aliphatic heterocycles. The summed E-state index contributed by atoms with van der Waals surface area (Å²) in [5.74, 6) is 2.01. The molecule has 0 saturated heterocycles. The van der Waals surface area contributed by atoms with Crippen LogP contribution in [0.15, 0.2) is 33.9 Å². The molecule has 1 aliphatic rings. The molecule has 1 N–H and O–H groups in total. The summed E-state index contributed by atoms with van der Waals surface area (Å²) in [5, 5.41) is 22.0. The van der Waals surface area contributed by atoms with Crippen LogP contribution >= 0.6 is 39.0 Å². The number of nitrogens with zero attached hydrogens (tertiary/aromatic N) is 5. The predicted molar refractivity (Wildman–Crippen MR) is 129 cm³/mol. The number of ether oxygens (including phenoxy) is 1. The molecule has 32 heavy (non-hydrogen) atoms. The first-order valence-corrected chi connectivity index (χ1v) is 13.2. The number of nitrogens with one attached hydrogen (secondary N) is 1. The molecule has 0 bridgehead atoms. The number of carbonyl (C=O) groups is 1. The van der Waals surface area contributed by atoms with Crippen molar-refractivity contribution in [3.63, 3.8) is 0 Å². The summed E-state index contributed by atoms with van der Waals surface area (Å²) >= 11 is 6.23. The van der Waals surface area contributed by atoms with Gasteiger partial charge in [0.1, 0.15) is 10.8 Å². The molecule has 4 rings (SSSR count). The molecule has 1 fully saturated rings. The molecule has 0 radical (unpaired) electrons. The number of thioether (sulfide) groups is 1. The van der Waals surface area contributed by atoms with Crippen molar-refractivity contribution >= 4 is 50.1 Å². The summed E-state index contributed by atoms with van der Waals surface area (Å²) in [6.07, 6.45) is 5.84. The first-order chi connectivity index (χ1) is 15.5. The molecule has 170 valence electrons. The van der Waals surface area contributed by atoms with Gasteiger partial charge in [0, 0.05) is 17.4 Å². The van der Waals surface area contributed by atoms with Gasteiger partial charge in [0.25, 0.3) is 0 Å². The number of amides is 1. The van der Waals surface area contributed by atoms with Crippen LogP contribution in [-0.4, -0.2) is 36.6 Å². The van der Waals surface area contributed by atoms with Crippen molar-refractivity contribution in [3.8, 4) is 5.75 Å². The second kappa shape index (κ2) is 10.8. The maximum absolute atomic E-state index is 12.4. The smallest absolute Gasteiger partial charge is 0.236 e. The Hall–Kier alpha value is -1.98. The van der Waals surface area contributed by atoms with E-state index in [1.165, 1.54) is 42.4 Å². The van der Waals surface area contributed by atoms with Crippen LogP contribution in [0.25, 0.3) is 0 Å². The average Bonchev–Trinajstić information content (AvgIpc) is 3.41. The predicted octanol–water partition coefficient (Wildman–Crippen LogP) is 5.35. The van der Waals surface area contributed by atoms with E-state index < -0.39 is 0 Å². The van der Waals surface area contributed by atoms with Crippen molar-refractivity contribution in [3.05, 3.63) is 39.6 Å². The SMILES string of the molecule is CC(Oc1ccc(Br)cc1)c1nnc(SCC(=O)Nc2nnc(C3CCCCC3)s2)n1C. The average molecular weight is 538 g/mol. The van der Waals surface area contributed by atoms with Gasteiger partial charge in [-0.25, -0.2) is 0 Å². The Kier molecular flexibility index (Phi) is 7.80. The van der Waals surface area contributed by atoms with Gasteiger partial charge in [0.15, 0.2) is 17.1 Å². The number of aromatic nitrogens is 5. The van der Waals surface area contributed by atoms with E-state index in [0.717, 1.165) is 28.1 Å². The standard InChI is InChI=1S/C21H25BrN6O2S2/c1-13(30-16-10-8-15(22)9-11-16)18-24-27-21(28(18)2)31-12-17(29)23-20-26-25-19(32-20)14-6-4-3-5-7-14/h8-11,13-14H,3-7,12H2,1-2H3,(H,23,26,29). The highest BCUT2D eigenvalue weighted by Crippen LogP contribution is 2.35. The van der Waals surface area contributed by atoms with Gasteiger partial charge < -0.3 is 9.30 Å². The van der Waals surface area contributed by atoms with Gasteiger partial charge in [-0.05, 0) is 44.0 Å². The number of hydrogen-bond acceptors (Lipinski definition) is 8. The lowest BCUT2D eigenvalue weighted by Gasteiger charge is -2.18. The first-order valence-electron chi connectivity index (χ1n) is 10.6. The van der Waals surface area contributed by atoms with Crippen LogP contribution in [0.2, 0.25) is 0 Å². The van der Waals surface area contributed by atoms with E-state index in [-0.39, 0.29) is 17.8 Å². The lowest BCUT2D eigenvalue weighted by molar-refractivity contribution is -0.113. The van der Waals surface area contributed by atoms with E-state index in [1.54, 1.807) is 0 Å². The maximum Gasteiger partial charge on any atom is 0.236 e. The van der Waals surface area contributed by atoms with Crippen molar-refractivity contribution in [2.45, 2.75) is 56.2 Å². The zero-order valence-electron chi connectivity index (χ0n) is 18.0. The van der Waals surface area contributed by atoms with Crippen molar-refractivity contribution in [1.82, 2.24) is 25.0 Å². The van der Waals surface area contributed by atoms with Crippen molar-refractivity contribution in [2.24, 2.45) is 7.05 Å². The van der Waals surface area contributed by atoms with Crippen molar-refractivity contribution < 1.29 is 9.53 Å². The van der Waals surface area contributed by atoms with Gasteiger partial charge in [-0.1, -0.05) is 58.3 Å². The normalized spacial score (nSPS) is 15.5. The summed E-state index contributed by atoms with van der Waals surface area (Å²) < 4.78 is 8.81. The van der Waals surface area contributed by atoms with Gasteiger partial charge in [-0.15, -0.1) is 20.4 Å².